The zero-order valence-corrected chi connectivity index (χ0v) is 28.5. The van der Waals surface area contributed by atoms with Crippen LogP contribution in [-0.2, 0) is 0 Å². The van der Waals surface area contributed by atoms with Crippen LogP contribution in [0.3, 0.4) is 0 Å². The third-order valence-electron chi connectivity index (χ3n) is 9.88. The third-order valence-corrected chi connectivity index (χ3v) is 11.0. The van der Waals surface area contributed by atoms with Crippen LogP contribution in [0.4, 0.5) is 17.1 Å². The Bertz CT molecular complexity index is 2750. The van der Waals surface area contributed by atoms with Crippen LogP contribution < -0.4 is 4.90 Å². The van der Waals surface area contributed by atoms with Crippen molar-refractivity contribution in [3.63, 3.8) is 0 Å². The van der Waals surface area contributed by atoms with Crippen molar-refractivity contribution in [3.8, 4) is 33.4 Å². The number of nitrogens with zero attached hydrogens (tertiary/aromatic N) is 1. The molecule has 0 saturated carbocycles. The van der Waals surface area contributed by atoms with Crippen molar-refractivity contribution >= 4 is 70.5 Å². The Labute approximate surface area is 300 Å². The summed E-state index contributed by atoms with van der Waals surface area (Å²) in [5.74, 6) is 0. The zero-order chi connectivity index (χ0) is 33.7. The molecule has 0 aliphatic carbocycles. The highest BCUT2D eigenvalue weighted by atomic mass is 32.1. The number of rotatable bonds is 6. The lowest BCUT2D eigenvalue weighted by molar-refractivity contribution is 0.669. The summed E-state index contributed by atoms with van der Waals surface area (Å²) in [7, 11) is 0. The van der Waals surface area contributed by atoms with Gasteiger partial charge in [-0.1, -0.05) is 127 Å². The number of thiophene rings is 1. The van der Waals surface area contributed by atoms with Gasteiger partial charge in [-0.15, -0.1) is 11.3 Å². The first kappa shape index (κ1) is 29.5. The van der Waals surface area contributed by atoms with Gasteiger partial charge in [0, 0.05) is 47.9 Å². The van der Waals surface area contributed by atoms with Crippen LogP contribution in [0.25, 0.3) is 75.5 Å². The molecule has 0 radical (unpaired) electrons. The van der Waals surface area contributed by atoms with Crippen molar-refractivity contribution in [2.24, 2.45) is 0 Å². The molecule has 8 aromatic carbocycles. The van der Waals surface area contributed by atoms with Crippen molar-refractivity contribution in [2.45, 2.75) is 0 Å². The second kappa shape index (κ2) is 12.2. The average Bonchev–Trinajstić information content (AvgIpc) is 3.77. The SMILES string of the molecule is c1ccc(-c2ccccc2-c2ccc(N(c3ccc4oc5ccccc5c4c3)c3ccc4sc5ccccc5c4c3)c(-c3ccccc3)c2)cc1. The largest absolute Gasteiger partial charge is 0.456 e. The quantitative estimate of drug-likeness (QED) is 0.175. The summed E-state index contributed by atoms with van der Waals surface area (Å²) in [5.41, 5.74) is 12.2. The van der Waals surface area contributed by atoms with E-state index in [9.17, 15) is 0 Å². The molecule has 0 unspecified atom stereocenters. The van der Waals surface area contributed by atoms with Gasteiger partial charge in [-0.2, -0.15) is 0 Å². The van der Waals surface area contributed by atoms with Crippen molar-refractivity contribution in [3.05, 3.63) is 188 Å². The molecule has 0 aliphatic rings. The van der Waals surface area contributed by atoms with Gasteiger partial charge in [-0.05, 0) is 88.5 Å². The molecular weight excluding hydrogens is 639 g/mol. The lowest BCUT2D eigenvalue weighted by Crippen LogP contribution is -2.11. The average molecular weight is 670 g/mol. The van der Waals surface area contributed by atoms with Crippen LogP contribution in [0, 0.1) is 0 Å². The van der Waals surface area contributed by atoms with Crippen LogP contribution in [0.5, 0.6) is 0 Å². The number of hydrogen-bond acceptors (Lipinski definition) is 3. The third kappa shape index (κ3) is 5.10. The summed E-state index contributed by atoms with van der Waals surface area (Å²) in [6.45, 7) is 0. The maximum absolute atomic E-state index is 6.28. The highest BCUT2D eigenvalue weighted by Crippen LogP contribution is 2.46. The molecule has 0 N–H and O–H groups in total. The molecule has 0 atom stereocenters. The molecule has 10 aromatic rings. The molecule has 0 bridgehead atoms. The van der Waals surface area contributed by atoms with E-state index in [1.165, 1.54) is 42.4 Å². The maximum atomic E-state index is 6.28. The number of hydrogen-bond donors (Lipinski definition) is 0. The van der Waals surface area contributed by atoms with Crippen LogP contribution in [0.2, 0.25) is 0 Å². The van der Waals surface area contributed by atoms with E-state index in [4.69, 9.17) is 4.42 Å². The van der Waals surface area contributed by atoms with Gasteiger partial charge in [-0.25, -0.2) is 0 Å². The topological polar surface area (TPSA) is 16.4 Å². The van der Waals surface area contributed by atoms with E-state index in [1.807, 2.05) is 23.5 Å². The van der Waals surface area contributed by atoms with Crippen molar-refractivity contribution in [1.29, 1.82) is 0 Å². The van der Waals surface area contributed by atoms with Crippen molar-refractivity contribution < 1.29 is 4.42 Å². The molecular formula is C48H31NOS. The second-order valence-corrected chi connectivity index (χ2v) is 14.0. The Morgan fingerprint density at radius 2 is 0.922 bits per heavy atom. The summed E-state index contributed by atoms with van der Waals surface area (Å²) in [4.78, 5) is 2.42. The molecule has 0 spiro atoms. The highest BCUT2D eigenvalue weighted by molar-refractivity contribution is 7.25. The molecule has 240 valence electrons. The zero-order valence-electron chi connectivity index (χ0n) is 27.7. The molecule has 0 fully saturated rings. The van der Waals surface area contributed by atoms with Gasteiger partial charge in [0.05, 0.1) is 5.69 Å². The van der Waals surface area contributed by atoms with Gasteiger partial charge < -0.3 is 9.32 Å². The molecule has 3 heteroatoms. The minimum atomic E-state index is 0.885. The second-order valence-electron chi connectivity index (χ2n) is 12.9. The standard InChI is InChI=1S/C48H31NOS/c1-3-13-32(14-4-1)37-17-7-8-18-38(37)34-23-26-44(41(29-34)33-15-5-2-6-16-33)49(35-24-27-46-42(30-35)39-19-9-11-21-45(39)50-46)36-25-28-48-43(31-36)40-20-10-12-22-47(40)51-48/h1-31H. The smallest absolute Gasteiger partial charge is 0.135 e. The Morgan fingerprint density at radius 1 is 0.353 bits per heavy atom. The Balaban J connectivity index is 1.24. The van der Waals surface area contributed by atoms with Crippen molar-refractivity contribution in [1.82, 2.24) is 0 Å². The Hall–Kier alpha value is -6.42. The van der Waals surface area contributed by atoms with E-state index in [1.54, 1.807) is 0 Å². The molecule has 0 amide bonds. The summed E-state index contributed by atoms with van der Waals surface area (Å²) >= 11 is 1.85. The molecule has 2 heterocycles. The fraction of sp³-hybridized carbons (Fsp3) is 0. The first-order valence-corrected chi connectivity index (χ1v) is 18.1. The van der Waals surface area contributed by atoms with E-state index in [0.717, 1.165) is 50.1 Å². The minimum Gasteiger partial charge on any atom is -0.456 e. The number of anilines is 3. The summed E-state index contributed by atoms with van der Waals surface area (Å²) in [6, 6.07) is 67.6. The lowest BCUT2D eigenvalue weighted by Gasteiger charge is -2.29. The predicted octanol–water partition coefficient (Wildman–Crippen LogP) is 14.4. The van der Waals surface area contributed by atoms with Gasteiger partial charge in [0.2, 0.25) is 0 Å². The van der Waals surface area contributed by atoms with E-state index < -0.39 is 0 Å². The number of benzene rings is 8. The fourth-order valence-corrected chi connectivity index (χ4v) is 8.57. The molecule has 2 nitrogen and oxygen atoms in total. The maximum Gasteiger partial charge on any atom is 0.135 e. The van der Waals surface area contributed by atoms with E-state index in [0.29, 0.717) is 0 Å². The lowest BCUT2D eigenvalue weighted by atomic mass is 9.91. The Morgan fingerprint density at radius 3 is 1.71 bits per heavy atom. The summed E-state index contributed by atoms with van der Waals surface area (Å²) in [5, 5.41) is 4.77. The van der Waals surface area contributed by atoms with Crippen LogP contribution in [0.1, 0.15) is 0 Å². The summed E-state index contributed by atoms with van der Waals surface area (Å²) < 4.78 is 8.87. The van der Waals surface area contributed by atoms with Gasteiger partial charge in [-0.3, -0.25) is 0 Å². The number of fused-ring (bicyclic) bond motifs is 6. The van der Waals surface area contributed by atoms with E-state index in [2.05, 4.69) is 181 Å². The van der Waals surface area contributed by atoms with E-state index in [-0.39, 0.29) is 0 Å². The minimum absolute atomic E-state index is 0.885. The molecule has 10 rings (SSSR count). The monoisotopic (exact) mass is 669 g/mol. The molecule has 0 saturated heterocycles. The first-order valence-electron chi connectivity index (χ1n) is 17.3. The first-order chi connectivity index (χ1) is 25.3. The van der Waals surface area contributed by atoms with Crippen molar-refractivity contribution in [2.75, 3.05) is 4.90 Å². The molecule has 2 aromatic heterocycles. The van der Waals surface area contributed by atoms with Crippen LogP contribution in [-0.4, -0.2) is 0 Å². The van der Waals surface area contributed by atoms with Gasteiger partial charge in [0.15, 0.2) is 0 Å². The normalized spacial score (nSPS) is 11.5. The van der Waals surface area contributed by atoms with Gasteiger partial charge in [0.1, 0.15) is 11.2 Å². The Kier molecular flexibility index (Phi) is 7.04. The highest BCUT2D eigenvalue weighted by Gasteiger charge is 2.21. The van der Waals surface area contributed by atoms with Crippen LogP contribution >= 0.6 is 11.3 Å². The number of furan rings is 1. The predicted molar refractivity (Wildman–Crippen MR) is 218 cm³/mol. The van der Waals surface area contributed by atoms with Gasteiger partial charge >= 0.3 is 0 Å². The fourth-order valence-electron chi connectivity index (χ4n) is 7.49. The van der Waals surface area contributed by atoms with E-state index >= 15 is 0 Å². The number of para-hydroxylation sites is 1. The summed E-state index contributed by atoms with van der Waals surface area (Å²) in [6.07, 6.45) is 0. The van der Waals surface area contributed by atoms with Gasteiger partial charge in [0.25, 0.3) is 0 Å². The molecule has 0 aliphatic heterocycles. The van der Waals surface area contributed by atoms with Crippen LogP contribution in [0.15, 0.2) is 192 Å². The molecule has 51 heavy (non-hydrogen) atoms.